The van der Waals surface area contributed by atoms with Gasteiger partial charge < -0.3 is 4.90 Å². The zero-order valence-electron chi connectivity index (χ0n) is 22.5. The van der Waals surface area contributed by atoms with E-state index in [0.717, 1.165) is 16.4 Å². The largest absolute Gasteiger partial charge is 0.310 e. The van der Waals surface area contributed by atoms with Crippen LogP contribution in [0.4, 0.5) is 17.1 Å². The second-order valence-corrected chi connectivity index (χ2v) is 16.3. The lowest BCUT2D eigenvalue weighted by Gasteiger charge is -2.29. The molecule has 1 aliphatic heterocycles. The third-order valence-electron chi connectivity index (χ3n) is 8.60. The first-order chi connectivity index (χ1) is 20.1. The molecular weight excluding hydrogens is 554 g/mol. The summed E-state index contributed by atoms with van der Waals surface area (Å²) in [6.45, 7) is 2.48. The molecule has 41 heavy (non-hydrogen) atoms. The van der Waals surface area contributed by atoms with Crippen molar-refractivity contribution >= 4 is 83.8 Å². The number of thiophene rings is 1. The van der Waals surface area contributed by atoms with Gasteiger partial charge in [-0.15, -0.1) is 11.3 Å². The maximum absolute atomic E-state index is 6.61. The molecule has 0 N–H and O–H groups in total. The number of rotatable bonds is 4. The van der Waals surface area contributed by atoms with Gasteiger partial charge in [0.2, 0.25) is 0 Å². The fourth-order valence-electron chi connectivity index (χ4n) is 6.59. The minimum Gasteiger partial charge on any atom is -0.310 e. The summed E-state index contributed by atoms with van der Waals surface area (Å²) >= 11 is 8.48. The van der Waals surface area contributed by atoms with E-state index in [1.807, 2.05) is 17.4 Å². The molecule has 1 aliphatic rings. The zero-order valence-corrected chi connectivity index (χ0v) is 25.1. The number of anilines is 3. The normalized spacial score (nSPS) is 15.7. The van der Waals surface area contributed by atoms with Gasteiger partial charge in [0.15, 0.2) is 0 Å². The quantitative estimate of drug-likeness (QED) is 0.188. The van der Waals surface area contributed by atoms with Crippen molar-refractivity contribution in [3.05, 3.63) is 145 Å². The van der Waals surface area contributed by atoms with Gasteiger partial charge in [-0.3, -0.25) is 0 Å². The van der Waals surface area contributed by atoms with Crippen LogP contribution < -0.4 is 20.5 Å². The van der Waals surface area contributed by atoms with Gasteiger partial charge in [0.05, 0.1) is 0 Å². The minimum absolute atomic E-state index is 0.800. The molecule has 6 aromatic carbocycles. The smallest absolute Gasteiger partial charge is 0.147 e. The highest BCUT2D eigenvalue weighted by atomic mass is 35.5. The maximum Gasteiger partial charge on any atom is 0.147 e. The van der Waals surface area contributed by atoms with Crippen molar-refractivity contribution in [3.8, 4) is 11.1 Å². The van der Waals surface area contributed by atoms with E-state index in [2.05, 4.69) is 145 Å². The number of nitrogens with zero attached hydrogens (tertiary/aromatic N) is 1. The number of benzene rings is 6. The van der Waals surface area contributed by atoms with Crippen LogP contribution in [0.25, 0.3) is 31.3 Å². The van der Waals surface area contributed by atoms with Crippen molar-refractivity contribution in [1.82, 2.24) is 0 Å². The lowest BCUT2D eigenvalue weighted by Crippen LogP contribution is -2.62. The Kier molecular flexibility index (Phi) is 5.68. The van der Waals surface area contributed by atoms with E-state index in [0.29, 0.717) is 0 Å². The number of hydrogen-bond acceptors (Lipinski definition) is 2. The Labute approximate surface area is 249 Å². The first kappa shape index (κ1) is 24.6. The molecule has 4 heteroatoms. The van der Waals surface area contributed by atoms with Crippen LogP contribution in [0, 0.1) is 0 Å². The Morgan fingerprint density at radius 3 is 1.95 bits per heavy atom. The highest BCUT2D eigenvalue weighted by molar-refractivity contribution is 7.25. The van der Waals surface area contributed by atoms with Crippen molar-refractivity contribution in [2.45, 2.75) is 6.55 Å². The summed E-state index contributed by atoms with van der Waals surface area (Å²) in [6, 6.07) is 50.8. The second-order valence-electron chi connectivity index (χ2n) is 10.9. The van der Waals surface area contributed by atoms with Gasteiger partial charge in [0.1, 0.15) is 8.07 Å². The van der Waals surface area contributed by atoms with Crippen LogP contribution in [0.3, 0.4) is 0 Å². The summed E-state index contributed by atoms with van der Waals surface area (Å²) in [5, 5.41) is 7.66. The third kappa shape index (κ3) is 3.81. The number of halogens is 1. The van der Waals surface area contributed by atoms with Gasteiger partial charge in [-0.2, -0.15) is 0 Å². The molecule has 7 aromatic rings. The van der Waals surface area contributed by atoms with Crippen molar-refractivity contribution < 1.29 is 0 Å². The zero-order chi connectivity index (χ0) is 27.6. The highest BCUT2D eigenvalue weighted by Gasteiger charge is 2.43. The van der Waals surface area contributed by atoms with Crippen molar-refractivity contribution in [2.75, 3.05) is 4.90 Å². The van der Waals surface area contributed by atoms with E-state index in [9.17, 15) is 0 Å². The average molecular weight is 580 g/mol. The Morgan fingerprint density at radius 1 is 0.537 bits per heavy atom. The number of para-hydroxylation sites is 1. The predicted octanol–water partition coefficient (Wildman–Crippen LogP) is 9.26. The molecule has 0 radical (unpaired) electrons. The molecule has 0 bridgehead atoms. The molecule has 196 valence electrons. The molecule has 1 atom stereocenters. The monoisotopic (exact) mass is 579 g/mol. The topological polar surface area (TPSA) is 3.24 Å². The molecule has 1 nitrogen and oxygen atoms in total. The third-order valence-corrected chi connectivity index (χ3v) is 14.4. The Bertz CT molecular complexity index is 2090. The molecular formula is C37H26ClNSSi. The lowest BCUT2D eigenvalue weighted by atomic mass is 10.0. The van der Waals surface area contributed by atoms with Gasteiger partial charge in [-0.1, -0.05) is 103 Å². The van der Waals surface area contributed by atoms with E-state index in [1.165, 1.54) is 52.5 Å². The lowest BCUT2D eigenvalue weighted by molar-refractivity contribution is 1.29. The summed E-state index contributed by atoms with van der Waals surface area (Å²) < 4.78 is 2.63. The van der Waals surface area contributed by atoms with Crippen LogP contribution >= 0.6 is 22.9 Å². The summed E-state index contributed by atoms with van der Waals surface area (Å²) in [4.78, 5) is 2.40. The molecule has 2 heterocycles. The fourth-order valence-corrected chi connectivity index (χ4v) is 12.2. The Morgan fingerprint density at radius 2 is 1.15 bits per heavy atom. The first-order valence-corrected chi connectivity index (χ1v) is 17.6. The van der Waals surface area contributed by atoms with Crippen LogP contribution in [0.2, 0.25) is 11.6 Å². The standard InChI is InChI=1S/C37H26ClNSSi/c1-41(29-12-6-3-7-13-29)36-22-25(38)16-19-32(36)33-21-18-28(24-37(33)41)39(26-10-4-2-5-11-26)27-17-20-31-30-14-8-9-15-34(30)40-35(31)23-27/h2-24H,1H3. The van der Waals surface area contributed by atoms with Gasteiger partial charge in [-0.05, 0) is 81.3 Å². The van der Waals surface area contributed by atoms with Crippen LogP contribution in [0.5, 0.6) is 0 Å². The van der Waals surface area contributed by atoms with E-state index in [4.69, 9.17) is 11.6 Å². The SMILES string of the molecule is C[Si]1(c2ccccc2)c2cc(Cl)ccc2-c2ccc(N(c3ccccc3)c3ccc4c(c3)sc3ccccc34)cc21. The van der Waals surface area contributed by atoms with Crippen LogP contribution in [0.15, 0.2) is 140 Å². The van der Waals surface area contributed by atoms with Crippen molar-refractivity contribution in [2.24, 2.45) is 0 Å². The number of fused-ring (bicyclic) bond motifs is 6. The molecule has 1 unspecified atom stereocenters. The minimum atomic E-state index is -2.29. The fraction of sp³-hybridized carbons (Fsp3) is 0.0270. The van der Waals surface area contributed by atoms with Crippen LogP contribution in [0.1, 0.15) is 0 Å². The molecule has 0 spiro atoms. The second kappa shape index (κ2) is 9.46. The maximum atomic E-state index is 6.61. The molecule has 0 saturated carbocycles. The van der Waals surface area contributed by atoms with Crippen molar-refractivity contribution in [3.63, 3.8) is 0 Å². The summed E-state index contributed by atoms with van der Waals surface area (Å²) in [6.07, 6.45) is 0. The molecule has 0 fully saturated rings. The first-order valence-electron chi connectivity index (χ1n) is 13.9. The molecule has 0 aliphatic carbocycles. The van der Waals surface area contributed by atoms with Gasteiger partial charge >= 0.3 is 0 Å². The summed E-state index contributed by atoms with van der Waals surface area (Å²) in [5.74, 6) is 0. The highest BCUT2D eigenvalue weighted by Crippen LogP contribution is 2.41. The average Bonchev–Trinajstić information content (AvgIpc) is 3.51. The van der Waals surface area contributed by atoms with E-state index >= 15 is 0 Å². The van der Waals surface area contributed by atoms with E-state index in [1.54, 1.807) is 0 Å². The molecule has 8 rings (SSSR count). The number of hydrogen-bond donors (Lipinski definition) is 0. The Hall–Kier alpha value is -4.15. The van der Waals surface area contributed by atoms with Gasteiger partial charge in [0.25, 0.3) is 0 Å². The molecule has 0 amide bonds. The predicted molar refractivity (Wildman–Crippen MR) is 181 cm³/mol. The van der Waals surface area contributed by atoms with Gasteiger partial charge in [-0.25, -0.2) is 0 Å². The van der Waals surface area contributed by atoms with E-state index < -0.39 is 8.07 Å². The van der Waals surface area contributed by atoms with Crippen LogP contribution in [-0.4, -0.2) is 8.07 Å². The van der Waals surface area contributed by atoms with Gasteiger partial charge in [0, 0.05) is 42.3 Å². The Balaban J connectivity index is 1.35. The van der Waals surface area contributed by atoms with Crippen molar-refractivity contribution in [1.29, 1.82) is 0 Å². The summed E-state index contributed by atoms with van der Waals surface area (Å²) in [5.41, 5.74) is 6.12. The summed E-state index contributed by atoms with van der Waals surface area (Å²) in [7, 11) is -2.29. The van der Waals surface area contributed by atoms with Crippen LogP contribution in [-0.2, 0) is 0 Å². The van der Waals surface area contributed by atoms with E-state index in [-0.39, 0.29) is 0 Å². The molecule has 0 saturated heterocycles. The molecule has 1 aromatic heterocycles.